The van der Waals surface area contributed by atoms with E-state index in [1.165, 1.54) is 7.05 Å². The van der Waals surface area contributed by atoms with Crippen LogP contribution in [0, 0.1) is 0 Å². The first-order chi connectivity index (χ1) is 15.9. The van der Waals surface area contributed by atoms with Crippen molar-refractivity contribution in [1.29, 1.82) is 0 Å². The summed E-state index contributed by atoms with van der Waals surface area (Å²) in [5.41, 5.74) is 7.92. The Morgan fingerprint density at radius 1 is 1.21 bits per heavy atom. The molecule has 176 valence electrons. The molecule has 4 N–H and O–H groups in total. The van der Waals surface area contributed by atoms with Gasteiger partial charge in [0.05, 0.1) is 7.11 Å². The number of pyridine rings is 1. The van der Waals surface area contributed by atoms with Crippen LogP contribution in [0.4, 0.5) is 0 Å². The predicted molar refractivity (Wildman–Crippen MR) is 123 cm³/mol. The minimum atomic E-state index is -0.752. The Labute approximate surface area is 193 Å². The van der Waals surface area contributed by atoms with Crippen LogP contribution in [-0.2, 0) is 20.8 Å². The maximum atomic E-state index is 13.1. The number of para-hydroxylation sites is 1. The van der Waals surface area contributed by atoms with Gasteiger partial charge in [0, 0.05) is 50.4 Å². The summed E-state index contributed by atoms with van der Waals surface area (Å²) < 4.78 is 5.35. The molecule has 0 spiro atoms. The van der Waals surface area contributed by atoms with Gasteiger partial charge >= 0.3 is 0 Å². The molecular weight excluding hydrogens is 422 g/mol. The Balaban J connectivity index is 1.66. The molecule has 0 bridgehead atoms. The first-order valence-electron chi connectivity index (χ1n) is 11.0. The third-order valence-corrected chi connectivity index (χ3v) is 5.88. The van der Waals surface area contributed by atoms with Crippen molar-refractivity contribution in [3.05, 3.63) is 59.9 Å². The number of hydrogen-bond donors (Lipinski definition) is 3. The molecule has 1 aromatic carbocycles. The van der Waals surface area contributed by atoms with E-state index in [0.717, 1.165) is 11.1 Å². The summed E-state index contributed by atoms with van der Waals surface area (Å²) >= 11 is 0. The van der Waals surface area contributed by atoms with Gasteiger partial charge < -0.3 is 26.0 Å². The average Bonchev–Trinajstić information content (AvgIpc) is 3.34. The fraction of sp³-hybridized carbons (Fsp3) is 0.417. The molecule has 1 fully saturated rings. The Morgan fingerprint density at radius 2 is 1.94 bits per heavy atom. The Kier molecular flexibility index (Phi) is 8.37. The molecule has 1 aromatic heterocycles. The van der Waals surface area contributed by atoms with Gasteiger partial charge in [0.1, 0.15) is 17.8 Å². The smallest absolute Gasteiger partial charge is 0.243 e. The summed E-state index contributed by atoms with van der Waals surface area (Å²) in [4.78, 5) is 44.1. The zero-order valence-corrected chi connectivity index (χ0v) is 19.0. The maximum absolute atomic E-state index is 13.1. The number of amides is 3. The molecule has 0 radical (unpaired) electrons. The van der Waals surface area contributed by atoms with E-state index in [2.05, 4.69) is 15.6 Å². The van der Waals surface area contributed by atoms with Crippen LogP contribution < -0.4 is 21.1 Å². The Hall–Kier alpha value is -3.46. The molecule has 3 amide bonds. The summed E-state index contributed by atoms with van der Waals surface area (Å²) in [6.45, 7) is 0.477. The maximum Gasteiger partial charge on any atom is 0.243 e. The van der Waals surface area contributed by atoms with Gasteiger partial charge in [-0.3, -0.25) is 19.4 Å². The van der Waals surface area contributed by atoms with Crippen LogP contribution in [0.2, 0.25) is 0 Å². The molecule has 3 atom stereocenters. The minimum absolute atomic E-state index is 0.0556. The number of methoxy groups -OCH3 is 1. The summed E-state index contributed by atoms with van der Waals surface area (Å²) in [6.07, 6.45) is 4.91. The third kappa shape index (κ3) is 6.07. The van der Waals surface area contributed by atoms with Crippen molar-refractivity contribution in [3.8, 4) is 5.75 Å². The van der Waals surface area contributed by atoms with Gasteiger partial charge in [-0.1, -0.05) is 18.2 Å². The number of nitrogens with one attached hydrogen (secondary N) is 2. The molecule has 0 unspecified atom stereocenters. The zero-order valence-electron chi connectivity index (χ0n) is 19.0. The molecule has 9 nitrogen and oxygen atoms in total. The van der Waals surface area contributed by atoms with Crippen molar-refractivity contribution in [2.24, 2.45) is 5.73 Å². The highest BCUT2D eigenvalue weighted by atomic mass is 16.5. The Bertz CT molecular complexity index is 968. The number of carbonyl (C=O) groups excluding carboxylic acids is 3. The number of ether oxygens (including phenoxy) is 1. The lowest BCUT2D eigenvalue weighted by Gasteiger charge is -2.27. The molecular formula is C24H31N5O4. The van der Waals surface area contributed by atoms with Gasteiger partial charge in [-0.25, -0.2) is 0 Å². The van der Waals surface area contributed by atoms with Gasteiger partial charge in [0.25, 0.3) is 0 Å². The normalized spacial score (nSPS) is 17.2. The molecule has 0 saturated carbocycles. The zero-order chi connectivity index (χ0) is 23.8. The van der Waals surface area contributed by atoms with Gasteiger partial charge in [0.2, 0.25) is 17.7 Å². The van der Waals surface area contributed by atoms with Crippen LogP contribution in [0.1, 0.15) is 36.4 Å². The number of aromatic nitrogens is 1. The molecule has 33 heavy (non-hydrogen) atoms. The largest absolute Gasteiger partial charge is 0.496 e. The summed E-state index contributed by atoms with van der Waals surface area (Å²) in [5.74, 6) is -0.210. The van der Waals surface area contributed by atoms with E-state index in [9.17, 15) is 14.4 Å². The van der Waals surface area contributed by atoms with E-state index >= 15 is 0 Å². The lowest BCUT2D eigenvalue weighted by molar-refractivity contribution is -0.139. The molecule has 9 heteroatoms. The molecule has 0 aliphatic carbocycles. The van der Waals surface area contributed by atoms with Crippen LogP contribution >= 0.6 is 0 Å². The highest BCUT2D eigenvalue weighted by Gasteiger charge is 2.36. The second-order valence-corrected chi connectivity index (χ2v) is 8.03. The molecule has 2 heterocycles. The number of rotatable bonds is 9. The van der Waals surface area contributed by atoms with Crippen LogP contribution in [0.3, 0.4) is 0 Å². The number of nitrogens with two attached hydrogens (primary N) is 1. The molecule has 1 aliphatic heterocycles. The summed E-state index contributed by atoms with van der Waals surface area (Å²) in [6, 6.07) is 8.97. The number of likely N-dealkylation sites (N-methyl/N-ethyl adjacent to an activating group) is 1. The van der Waals surface area contributed by atoms with Crippen molar-refractivity contribution in [2.75, 3.05) is 20.7 Å². The topological polar surface area (TPSA) is 127 Å². The van der Waals surface area contributed by atoms with Crippen molar-refractivity contribution >= 4 is 17.7 Å². The van der Waals surface area contributed by atoms with Crippen LogP contribution in [-0.4, -0.2) is 60.4 Å². The number of likely N-dealkylation sites (tertiary alicyclic amines) is 1. The fourth-order valence-electron chi connectivity index (χ4n) is 4.13. The van der Waals surface area contributed by atoms with E-state index in [4.69, 9.17) is 10.5 Å². The van der Waals surface area contributed by atoms with E-state index in [1.54, 1.807) is 42.6 Å². The Morgan fingerprint density at radius 3 is 2.64 bits per heavy atom. The predicted octanol–water partition coefficient (Wildman–Crippen LogP) is 0.945. The van der Waals surface area contributed by atoms with Gasteiger partial charge in [-0.15, -0.1) is 0 Å². The SMILES string of the molecule is CNC(=O)[C@H](Cc1ccncc1)NC(=O)[C@@H]1CCCN1C(=O)C[C@H](N)c1ccccc1OC. The lowest BCUT2D eigenvalue weighted by Crippen LogP contribution is -2.53. The van der Waals surface area contributed by atoms with Crippen molar-refractivity contribution in [2.45, 2.75) is 43.8 Å². The second-order valence-electron chi connectivity index (χ2n) is 8.03. The molecule has 2 aromatic rings. The standard InChI is InChI=1S/C24H31N5O4/c1-26-23(31)19(14-16-9-11-27-12-10-16)28-24(32)20-7-5-13-29(20)22(30)15-18(25)17-6-3-4-8-21(17)33-2/h3-4,6,8-12,18-20H,5,7,13-15,25H2,1-2H3,(H,26,31)(H,28,32)/t18-,19-,20-/m0/s1. The van der Waals surface area contributed by atoms with Gasteiger partial charge in [0.15, 0.2) is 0 Å². The first-order valence-corrected chi connectivity index (χ1v) is 11.0. The van der Waals surface area contributed by atoms with Crippen LogP contribution in [0.25, 0.3) is 0 Å². The van der Waals surface area contributed by atoms with Crippen LogP contribution in [0.15, 0.2) is 48.8 Å². The molecule has 3 rings (SSSR count). The van der Waals surface area contributed by atoms with Crippen LogP contribution in [0.5, 0.6) is 5.75 Å². The summed E-state index contributed by atoms with van der Waals surface area (Å²) in [7, 11) is 3.09. The molecule has 1 saturated heterocycles. The average molecular weight is 454 g/mol. The van der Waals surface area contributed by atoms with Crippen molar-refractivity contribution < 1.29 is 19.1 Å². The first kappa shape index (κ1) is 24.2. The minimum Gasteiger partial charge on any atom is -0.496 e. The second kappa shape index (κ2) is 11.4. The van der Waals surface area contributed by atoms with E-state index < -0.39 is 18.1 Å². The van der Waals surface area contributed by atoms with Crippen molar-refractivity contribution in [3.63, 3.8) is 0 Å². The quantitative estimate of drug-likeness (QED) is 0.519. The van der Waals surface area contributed by atoms with E-state index in [0.29, 0.717) is 31.6 Å². The summed E-state index contributed by atoms with van der Waals surface area (Å²) in [5, 5.41) is 5.42. The monoisotopic (exact) mass is 453 g/mol. The van der Waals surface area contributed by atoms with Gasteiger partial charge in [-0.05, 0) is 36.6 Å². The van der Waals surface area contributed by atoms with E-state index in [1.807, 2.05) is 18.2 Å². The number of carbonyl (C=O) groups is 3. The molecule has 1 aliphatic rings. The third-order valence-electron chi connectivity index (χ3n) is 5.88. The highest BCUT2D eigenvalue weighted by Crippen LogP contribution is 2.27. The van der Waals surface area contributed by atoms with Crippen molar-refractivity contribution in [1.82, 2.24) is 20.5 Å². The lowest BCUT2D eigenvalue weighted by atomic mass is 10.0. The van der Waals surface area contributed by atoms with E-state index in [-0.39, 0.29) is 24.1 Å². The number of benzene rings is 1. The highest BCUT2D eigenvalue weighted by molar-refractivity contribution is 5.92. The van der Waals surface area contributed by atoms with Gasteiger partial charge in [-0.2, -0.15) is 0 Å². The number of hydrogen-bond acceptors (Lipinski definition) is 6. The fourth-order valence-corrected chi connectivity index (χ4v) is 4.13. The number of nitrogens with zero attached hydrogens (tertiary/aromatic N) is 2.